The summed E-state index contributed by atoms with van der Waals surface area (Å²) in [5.74, 6) is 0. The van der Waals surface area contributed by atoms with Gasteiger partial charge in [-0.15, -0.1) is 0 Å². The summed E-state index contributed by atoms with van der Waals surface area (Å²) in [7, 11) is 0. The van der Waals surface area contributed by atoms with Gasteiger partial charge in [-0.1, -0.05) is 24.3 Å². The van der Waals surface area contributed by atoms with Gasteiger partial charge >= 0.3 is 29.6 Å². The zero-order chi connectivity index (χ0) is 9.26. The zero-order valence-corrected chi connectivity index (χ0v) is 11.1. The van der Waals surface area contributed by atoms with Gasteiger partial charge < -0.3 is 5.98 Å². The van der Waals surface area contributed by atoms with E-state index >= 15 is 0 Å². The molecule has 1 aliphatic carbocycles. The molecule has 1 N–H and O–H groups in total. The summed E-state index contributed by atoms with van der Waals surface area (Å²) in [6.07, 6.45) is 2.52. The Labute approximate surface area is 110 Å². The van der Waals surface area contributed by atoms with E-state index in [0.29, 0.717) is 0 Å². The average molecular weight is 220 g/mol. The van der Waals surface area contributed by atoms with E-state index in [-0.39, 0.29) is 36.2 Å². The van der Waals surface area contributed by atoms with Crippen LogP contribution in [0.3, 0.4) is 0 Å². The van der Waals surface area contributed by atoms with E-state index in [1.54, 1.807) is 0 Å². The van der Waals surface area contributed by atoms with Crippen LogP contribution >= 0.6 is 0 Å². The minimum Gasteiger partial charge on any atom is -1.00 e. The Hall–Kier alpha value is 0.330. The van der Waals surface area contributed by atoms with E-state index in [1.807, 2.05) is 18.2 Å². The first-order valence-corrected chi connectivity index (χ1v) is 5.61. The first-order valence-electron chi connectivity index (χ1n) is 4.44. The standard InChI is InChI=1S/C10H12O2S.Na.H/c11-13(12)10-6-5-8-3-1-2-4-9(8)7-10;;/h1-4,10H,5-7H2,(H,11,12);;/q;+1;-1. The molecule has 72 valence electrons. The van der Waals surface area contributed by atoms with Gasteiger partial charge in [0.05, 0.1) is 5.25 Å². The summed E-state index contributed by atoms with van der Waals surface area (Å²) in [4.78, 5) is 0. The van der Waals surface area contributed by atoms with Gasteiger partial charge in [-0.3, -0.25) is 0 Å². The number of rotatable bonds is 1. The summed E-state index contributed by atoms with van der Waals surface area (Å²) in [6.45, 7) is 0. The van der Waals surface area contributed by atoms with Crippen LogP contribution in [-0.4, -0.2) is 14.0 Å². The molecule has 0 aromatic heterocycles. The molecule has 0 saturated heterocycles. The van der Waals surface area contributed by atoms with Crippen LogP contribution < -0.4 is 29.6 Å². The quantitative estimate of drug-likeness (QED) is 0.481. The molecule has 0 fully saturated rings. The maximum Gasteiger partial charge on any atom is 1.00 e. The second-order valence-corrected chi connectivity index (χ2v) is 4.63. The smallest absolute Gasteiger partial charge is 1.00 e. The van der Waals surface area contributed by atoms with Gasteiger partial charge in [0.15, 0.2) is 11.1 Å². The van der Waals surface area contributed by atoms with Crippen molar-refractivity contribution in [3.05, 3.63) is 35.4 Å². The normalized spacial score (nSPS) is 21.9. The molecule has 1 aliphatic rings. The maximum absolute atomic E-state index is 10.9. The van der Waals surface area contributed by atoms with Crippen molar-refractivity contribution in [2.75, 3.05) is 0 Å². The molecule has 0 saturated carbocycles. The van der Waals surface area contributed by atoms with E-state index in [2.05, 4.69) is 6.07 Å². The molecule has 0 amide bonds. The van der Waals surface area contributed by atoms with Crippen LogP contribution in [0.25, 0.3) is 0 Å². The minimum absolute atomic E-state index is 0. The van der Waals surface area contributed by atoms with Crippen molar-refractivity contribution >= 4 is 11.1 Å². The van der Waals surface area contributed by atoms with Crippen molar-refractivity contribution in [3.8, 4) is 0 Å². The molecule has 14 heavy (non-hydrogen) atoms. The van der Waals surface area contributed by atoms with Crippen LogP contribution in [-0.2, 0) is 23.9 Å². The Morgan fingerprint density at radius 3 is 2.64 bits per heavy atom. The molecule has 4 heteroatoms. The van der Waals surface area contributed by atoms with Gasteiger partial charge in [0.2, 0.25) is 0 Å². The first-order chi connectivity index (χ1) is 6.27. The van der Waals surface area contributed by atoms with E-state index in [0.717, 1.165) is 19.3 Å². The predicted molar refractivity (Wildman–Crippen MR) is 54.1 cm³/mol. The van der Waals surface area contributed by atoms with Gasteiger partial charge in [-0.05, 0) is 30.4 Å². The third kappa shape index (κ3) is 2.67. The SMILES string of the molecule is O=S(O)C1CCc2ccccc2C1.[H-].[Na+]. The number of aryl methyl sites for hydroxylation is 1. The molecule has 2 atom stereocenters. The molecule has 0 heterocycles. The average Bonchev–Trinajstić information content (AvgIpc) is 2.17. The van der Waals surface area contributed by atoms with E-state index < -0.39 is 11.1 Å². The van der Waals surface area contributed by atoms with Gasteiger partial charge in [-0.2, -0.15) is 0 Å². The number of fused-ring (bicyclic) bond motifs is 1. The van der Waals surface area contributed by atoms with Crippen molar-refractivity contribution in [1.29, 1.82) is 0 Å². The maximum atomic E-state index is 10.9. The Morgan fingerprint density at radius 1 is 1.36 bits per heavy atom. The van der Waals surface area contributed by atoms with Crippen molar-refractivity contribution in [3.63, 3.8) is 0 Å². The van der Waals surface area contributed by atoms with E-state index in [9.17, 15) is 4.21 Å². The van der Waals surface area contributed by atoms with Crippen LogP contribution in [0.15, 0.2) is 24.3 Å². The molecule has 2 rings (SSSR count). The Morgan fingerprint density at radius 2 is 2.00 bits per heavy atom. The van der Waals surface area contributed by atoms with Crippen molar-refractivity contribution in [1.82, 2.24) is 0 Å². The summed E-state index contributed by atoms with van der Waals surface area (Å²) < 4.78 is 19.9. The Balaban J connectivity index is 0.000000980. The van der Waals surface area contributed by atoms with Crippen molar-refractivity contribution < 1.29 is 39.7 Å². The number of benzene rings is 1. The summed E-state index contributed by atoms with van der Waals surface area (Å²) >= 11 is -1.66. The van der Waals surface area contributed by atoms with Gasteiger partial charge in [-0.25, -0.2) is 4.21 Å². The van der Waals surface area contributed by atoms with Crippen LogP contribution in [0.5, 0.6) is 0 Å². The van der Waals surface area contributed by atoms with E-state index in [1.165, 1.54) is 11.1 Å². The zero-order valence-electron chi connectivity index (χ0n) is 9.27. The number of hydrogen-bond donors (Lipinski definition) is 1. The van der Waals surface area contributed by atoms with Gasteiger partial charge in [0.1, 0.15) is 0 Å². The van der Waals surface area contributed by atoms with Gasteiger partial charge in [0, 0.05) is 0 Å². The second-order valence-electron chi connectivity index (χ2n) is 3.41. The molecule has 0 aliphatic heterocycles. The largest absolute Gasteiger partial charge is 1.00 e. The Bertz CT molecular complexity index is 346. The molecular formula is C10H13NaO2S. The monoisotopic (exact) mass is 220 g/mol. The summed E-state index contributed by atoms with van der Waals surface area (Å²) in [6, 6.07) is 8.16. The van der Waals surface area contributed by atoms with Crippen LogP contribution in [0.2, 0.25) is 0 Å². The first kappa shape index (κ1) is 12.4. The third-order valence-electron chi connectivity index (χ3n) is 2.59. The molecule has 0 radical (unpaired) electrons. The topological polar surface area (TPSA) is 37.3 Å². The minimum atomic E-state index is -1.66. The van der Waals surface area contributed by atoms with Crippen LogP contribution in [0, 0.1) is 0 Å². The molecule has 1 aromatic carbocycles. The fraction of sp³-hybridized carbons (Fsp3) is 0.400. The molecule has 0 bridgehead atoms. The van der Waals surface area contributed by atoms with Crippen LogP contribution in [0.4, 0.5) is 0 Å². The van der Waals surface area contributed by atoms with Crippen molar-refractivity contribution in [2.45, 2.75) is 24.5 Å². The van der Waals surface area contributed by atoms with Crippen molar-refractivity contribution in [2.24, 2.45) is 0 Å². The molecule has 0 spiro atoms. The third-order valence-corrected chi connectivity index (χ3v) is 3.56. The summed E-state index contributed by atoms with van der Waals surface area (Å²) in [5.41, 5.74) is 2.57. The molecule has 2 nitrogen and oxygen atoms in total. The fourth-order valence-corrected chi connectivity index (χ4v) is 2.48. The molecular weight excluding hydrogens is 207 g/mol. The van der Waals surface area contributed by atoms with Crippen LogP contribution in [0.1, 0.15) is 19.0 Å². The Kier molecular flexibility index (Phi) is 4.80. The summed E-state index contributed by atoms with van der Waals surface area (Å²) in [5, 5.41) is -0.0603. The fourth-order valence-electron chi connectivity index (χ4n) is 1.84. The second kappa shape index (κ2) is 5.42. The molecule has 1 aromatic rings. The molecule has 2 unspecified atom stereocenters. The van der Waals surface area contributed by atoms with Gasteiger partial charge in [0.25, 0.3) is 0 Å². The van der Waals surface area contributed by atoms with E-state index in [4.69, 9.17) is 4.55 Å². The predicted octanol–water partition coefficient (Wildman–Crippen LogP) is -1.12. The number of hydrogen-bond acceptors (Lipinski definition) is 1.